The number of nitrogens with two attached hydrogens (primary N) is 1. The number of primary amides is 1. The van der Waals surface area contributed by atoms with E-state index in [1.54, 1.807) is 55.6 Å². The Morgan fingerprint density at radius 3 is 2.41 bits per heavy atom. The number of carbonyl (C=O) groups excluding carboxylic acids is 1. The average Bonchev–Trinajstić information content (AvgIpc) is 3.08. The smallest absolute Gasteiger partial charge is 0.332 e. The fourth-order valence-electron chi connectivity index (χ4n) is 3.04. The highest BCUT2D eigenvalue weighted by atomic mass is 16.5. The summed E-state index contributed by atoms with van der Waals surface area (Å²) in [5.74, 6) is 0.633. The van der Waals surface area contributed by atoms with Gasteiger partial charge in [0.2, 0.25) is 0 Å². The molecule has 0 saturated heterocycles. The van der Waals surface area contributed by atoms with Crippen molar-refractivity contribution in [1.29, 1.82) is 0 Å². The average molecular weight is 391 g/mol. The van der Waals surface area contributed by atoms with E-state index in [1.807, 2.05) is 0 Å². The summed E-state index contributed by atoms with van der Waals surface area (Å²) in [5.41, 5.74) is 6.49. The molecule has 0 spiro atoms. The summed E-state index contributed by atoms with van der Waals surface area (Å²) in [6.07, 6.45) is 0. The molecular formula is C20H17N5O4. The topological polar surface area (TPSA) is 125 Å². The number of methoxy groups -OCH3 is 2. The number of amides is 1. The summed E-state index contributed by atoms with van der Waals surface area (Å²) in [4.78, 5) is 36.2. The van der Waals surface area contributed by atoms with Crippen LogP contribution in [0.2, 0.25) is 0 Å². The molecule has 0 atom stereocenters. The maximum atomic E-state index is 12.7. The van der Waals surface area contributed by atoms with Crippen LogP contribution in [0.1, 0.15) is 10.5 Å². The van der Waals surface area contributed by atoms with Gasteiger partial charge < -0.3 is 20.2 Å². The van der Waals surface area contributed by atoms with Crippen LogP contribution in [0.5, 0.6) is 11.5 Å². The van der Waals surface area contributed by atoms with Gasteiger partial charge in [-0.05, 0) is 24.3 Å². The van der Waals surface area contributed by atoms with Gasteiger partial charge in [-0.2, -0.15) is 0 Å². The number of nitrogens with one attached hydrogen (secondary N) is 1. The molecule has 3 N–H and O–H groups in total. The lowest BCUT2D eigenvalue weighted by atomic mass is 10.2. The van der Waals surface area contributed by atoms with Crippen LogP contribution in [0.3, 0.4) is 0 Å². The molecule has 0 saturated carbocycles. The van der Waals surface area contributed by atoms with Crippen LogP contribution < -0.4 is 20.9 Å². The third kappa shape index (κ3) is 3.18. The highest BCUT2D eigenvalue weighted by Gasteiger charge is 2.20. The monoisotopic (exact) mass is 391 g/mol. The highest BCUT2D eigenvalue weighted by molar-refractivity contribution is 6.02. The van der Waals surface area contributed by atoms with Crippen LogP contribution in [0, 0.1) is 0 Å². The Kier molecular flexibility index (Phi) is 4.47. The molecule has 4 aromatic rings. The van der Waals surface area contributed by atoms with E-state index in [-0.39, 0.29) is 22.7 Å². The van der Waals surface area contributed by atoms with Gasteiger partial charge in [0.15, 0.2) is 17.2 Å². The Hall–Kier alpha value is -4.14. The summed E-state index contributed by atoms with van der Waals surface area (Å²) in [7, 11) is 3.08. The van der Waals surface area contributed by atoms with Crippen molar-refractivity contribution in [2.24, 2.45) is 5.73 Å². The number of fused-ring (bicyclic) bond motifs is 1. The Bertz CT molecular complexity index is 1290. The minimum atomic E-state index is -0.777. The Morgan fingerprint density at radius 1 is 1.03 bits per heavy atom. The number of H-pyrrole nitrogens is 1. The number of aromatic nitrogens is 4. The number of aromatic amines is 1. The molecule has 29 heavy (non-hydrogen) atoms. The number of hydrogen-bond donors (Lipinski definition) is 2. The fourth-order valence-corrected chi connectivity index (χ4v) is 3.04. The third-order valence-electron chi connectivity index (χ3n) is 4.41. The van der Waals surface area contributed by atoms with Crippen molar-refractivity contribution in [1.82, 2.24) is 19.5 Å². The van der Waals surface area contributed by atoms with E-state index < -0.39 is 11.6 Å². The van der Waals surface area contributed by atoms with Crippen LogP contribution >= 0.6 is 0 Å². The minimum absolute atomic E-state index is 0.0773. The first kappa shape index (κ1) is 18.2. The third-order valence-corrected chi connectivity index (χ3v) is 4.41. The lowest BCUT2D eigenvalue weighted by molar-refractivity contribution is 0.0997. The van der Waals surface area contributed by atoms with Crippen molar-refractivity contribution in [2.45, 2.75) is 0 Å². The van der Waals surface area contributed by atoms with Crippen molar-refractivity contribution < 1.29 is 14.3 Å². The van der Waals surface area contributed by atoms with E-state index in [1.165, 1.54) is 11.7 Å². The number of hydrogen-bond acceptors (Lipinski definition) is 6. The zero-order valence-corrected chi connectivity index (χ0v) is 15.7. The number of carbonyl (C=O) groups is 1. The maximum absolute atomic E-state index is 12.7. The number of rotatable bonds is 5. The van der Waals surface area contributed by atoms with Crippen LogP contribution in [0.4, 0.5) is 0 Å². The van der Waals surface area contributed by atoms with E-state index in [0.29, 0.717) is 22.7 Å². The van der Waals surface area contributed by atoms with Crippen LogP contribution in [-0.2, 0) is 0 Å². The van der Waals surface area contributed by atoms with E-state index in [0.717, 1.165) is 0 Å². The zero-order chi connectivity index (χ0) is 20.5. The summed E-state index contributed by atoms with van der Waals surface area (Å²) < 4.78 is 11.8. The molecule has 0 aliphatic carbocycles. The molecule has 0 bridgehead atoms. The van der Waals surface area contributed by atoms with Crippen molar-refractivity contribution in [3.8, 4) is 28.6 Å². The van der Waals surface area contributed by atoms with Gasteiger partial charge in [0.25, 0.3) is 5.91 Å². The van der Waals surface area contributed by atoms with Gasteiger partial charge in [-0.3, -0.25) is 4.79 Å². The molecule has 2 heterocycles. The second-order valence-corrected chi connectivity index (χ2v) is 6.16. The molecule has 0 unspecified atom stereocenters. The van der Waals surface area contributed by atoms with Gasteiger partial charge in [-0.25, -0.2) is 19.3 Å². The molecule has 2 aromatic heterocycles. The van der Waals surface area contributed by atoms with Gasteiger partial charge in [0.1, 0.15) is 17.0 Å². The van der Waals surface area contributed by atoms with Gasteiger partial charge in [-0.1, -0.05) is 18.2 Å². The number of benzene rings is 2. The van der Waals surface area contributed by atoms with Crippen molar-refractivity contribution >= 4 is 17.1 Å². The standard InChI is InChI=1S/C20H17N5O4/c1-28-13-7-3-5-11(9-13)18-22-15(17(21)26)16-19(24-18)25(20(27)23-16)12-6-4-8-14(10-12)29-2/h3-10H,1-2H3,(H2,21,26)(H,23,27). The Labute approximate surface area is 164 Å². The van der Waals surface area contributed by atoms with E-state index in [4.69, 9.17) is 15.2 Å². The molecule has 9 heteroatoms. The van der Waals surface area contributed by atoms with Gasteiger partial charge in [-0.15, -0.1) is 0 Å². The first-order chi connectivity index (χ1) is 14.0. The molecule has 0 fully saturated rings. The molecule has 2 aromatic carbocycles. The first-order valence-electron chi connectivity index (χ1n) is 8.63. The highest BCUT2D eigenvalue weighted by Crippen LogP contribution is 2.25. The van der Waals surface area contributed by atoms with Gasteiger partial charge >= 0.3 is 5.69 Å². The molecule has 1 amide bonds. The predicted octanol–water partition coefficient (Wildman–Crippen LogP) is 1.89. The molecule has 4 rings (SSSR count). The second kappa shape index (κ2) is 7.12. The molecular weight excluding hydrogens is 374 g/mol. The second-order valence-electron chi connectivity index (χ2n) is 6.16. The number of imidazole rings is 1. The predicted molar refractivity (Wildman–Crippen MR) is 107 cm³/mol. The number of ether oxygens (including phenoxy) is 2. The molecule has 9 nitrogen and oxygen atoms in total. The minimum Gasteiger partial charge on any atom is -0.497 e. The van der Waals surface area contributed by atoms with Crippen LogP contribution in [0.15, 0.2) is 53.3 Å². The normalized spacial score (nSPS) is 10.8. The van der Waals surface area contributed by atoms with Crippen molar-refractivity contribution in [3.63, 3.8) is 0 Å². The zero-order valence-electron chi connectivity index (χ0n) is 15.7. The summed E-state index contributed by atoms with van der Waals surface area (Å²) >= 11 is 0. The van der Waals surface area contributed by atoms with Crippen LogP contribution in [-0.4, -0.2) is 39.6 Å². The van der Waals surface area contributed by atoms with E-state index in [9.17, 15) is 9.59 Å². The molecule has 0 radical (unpaired) electrons. The largest absolute Gasteiger partial charge is 0.497 e. The summed E-state index contributed by atoms with van der Waals surface area (Å²) in [6, 6.07) is 14.0. The van der Waals surface area contributed by atoms with E-state index >= 15 is 0 Å². The Balaban J connectivity index is 2.03. The summed E-state index contributed by atoms with van der Waals surface area (Å²) in [5, 5.41) is 0. The quantitative estimate of drug-likeness (QED) is 0.535. The molecule has 0 aliphatic rings. The van der Waals surface area contributed by atoms with Gasteiger partial charge in [0, 0.05) is 11.6 Å². The SMILES string of the molecule is COc1cccc(-c2nc(C(N)=O)c3[nH]c(=O)n(-c4cccc(OC)c4)c3n2)c1. The lowest BCUT2D eigenvalue weighted by Crippen LogP contribution is -2.15. The number of nitrogens with zero attached hydrogens (tertiary/aromatic N) is 3. The first-order valence-corrected chi connectivity index (χ1v) is 8.63. The summed E-state index contributed by atoms with van der Waals surface area (Å²) in [6.45, 7) is 0. The Morgan fingerprint density at radius 2 is 1.72 bits per heavy atom. The van der Waals surface area contributed by atoms with Crippen molar-refractivity contribution in [2.75, 3.05) is 14.2 Å². The lowest BCUT2D eigenvalue weighted by Gasteiger charge is -2.08. The van der Waals surface area contributed by atoms with Gasteiger partial charge in [0.05, 0.1) is 19.9 Å². The maximum Gasteiger partial charge on any atom is 0.332 e. The van der Waals surface area contributed by atoms with Crippen LogP contribution in [0.25, 0.3) is 28.2 Å². The molecule has 146 valence electrons. The van der Waals surface area contributed by atoms with Crippen molar-refractivity contribution in [3.05, 3.63) is 64.7 Å². The van der Waals surface area contributed by atoms with E-state index in [2.05, 4.69) is 15.0 Å². The fraction of sp³-hybridized carbons (Fsp3) is 0.100. The molecule has 0 aliphatic heterocycles.